The standard InChI is InChI=1S/C30H41IN2O7/c1-39-26-15-19(18-35)14-23(31)28(26)40-25-17-21(29(37)32-12-13-34)16-24(27(25)36)33(22-10-4-2-3-5-11-22)30(38)20-8-6-7-9-20/h14-15,17-18,20,22,24-25,27,34,36H,2-13,16H2,1H3,(H,32,37)/t24-,25+,27+/m1/s1. The molecule has 2 saturated carbocycles. The molecule has 0 bridgehead atoms. The first-order chi connectivity index (χ1) is 19.4. The van der Waals surface area contributed by atoms with Crippen LogP contribution in [-0.4, -0.2) is 77.8 Å². The molecule has 0 aliphatic heterocycles. The van der Waals surface area contributed by atoms with Crippen molar-refractivity contribution in [3.63, 3.8) is 0 Å². The zero-order valence-electron chi connectivity index (χ0n) is 23.1. The van der Waals surface area contributed by atoms with Crippen molar-refractivity contribution in [3.8, 4) is 11.5 Å². The van der Waals surface area contributed by atoms with Gasteiger partial charge < -0.3 is 29.9 Å². The number of amides is 2. The minimum Gasteiger partial charge on any atom is -0.493 e. The van der Waals surface area contributed by atoms with Crippen LogP contribution in [0.3, 0.4) is 0 Å². The summed E-state index contributed by atoms with van der Waals surface area (Å²) < 4.78 is 12.5. The van der Waals surface area contributed by atoms with Crippen molar-refractivity contribution in [3.05, 3.63) is 32.9 Å². The molecule has 220 valence electrons. The summed E-state index contributed by atoms with van der Waals surface area (Å²) >= 11 is 2.05. The van der Waals surface area contributed by atoms with Crippen LogP contribution in [-0.2, 0) is 9.59 Å². The van der Waals surface area contributed by atoms with Crippen LogP contribution in [0.5, 0.6) is 11.5 Å². The molecule has 3 aliphatic rings. The minimum atomic E-state index is -1.09. The third kappa shape index (κ3) is 7.17. The summed E-state index contributed by atoms with van der Waals surface area (Å²) in [6, 6.07) is 2.59. The highest BCUT2D eigenvalue weighted by molar-refractivity contribution is 14.1. The van der Waals surface area contributed by atoms with Crippen LogP contribution in [0, 0.1) is 9.49 Å². The van der Waals surface area contributed by atoms with Crippen LogP contribution in [0.1, 0.15) is 81.0 Å². The Kier molecular flexibility index (Phi) is 11.3. The van der Waals surface area contributed by atoms with Crippen molar-refractivity contribution in [2.45, 2.75) is 94.9 Å². The second kappa shape index (κ2) is 14.6. The number of aldehydes is 1. The van der Waals surface area contributed by atoms with E-state index in [1.54, 1.807) is 18.2 Å². The number of nitrogens with zero attached hydrogens (tertiary/aromatic N) is 1. The van der Waals surface area contributed by atoms with E-state index in [-0.39, 0.29) is 43.3 Å². The second-order valence-electron chi connectivity index (χ2n) is 11.0. The van der Waals surface area contributed by atoms with Crippen LogP contribution in [0.15, 0.2) is 23.8 Å². The third-order valence-corrected chi connectivity index (χ3v) is 9.19. The highest BCUT2D eigenvalue weighted by Gasteiger charge is 2.45. The Hall–Kier alpha value is -2.18. The molecule has 1 aromatic carbocycles. The lowest BCUT2D eigenvalue weighted by atomic mass is 9.85. The van der Waals surface area contributed by atoms with Gasteiger partial charge in [-0.05, 0) is 66.5 Å². The maximum absolute atomic E-state index is 14.1. The molecule has 4 rings (SSSR count). The lowest BCUT2D eigenvalue weighted by Gasteiger charge is -2.45. The van der Waals surface area contributed by atoms with Crippen molar-refractivity contribution in [2.24, 2.45) is 5.92 Å². The summed E-state index contributed by atoms with van der Waals surface area (Å²) in [6.07, 6.45) is 10.3. The summed E-state index contributed by atoms with van der Waals surface area (Å²) in [6.45, 7) is -0.0982. The predicted octanol–water partition coefficient (Wildman–Crippen LogP) is 3.77. The molecule has 0 unspecified atom stereocenters. The monoisotopic (exact) mass is 668 g/mol. The number of aliphatic hydroxyl groups is 2. The topological polar surface area (TPSA) is 125 Å². The summed E-state index contributed by atoms with van der Waals surface area (Å²) in [4.78, 5) is 40.6. The molecule has 0 aromatic heterocycles. The Morgan fingerprint density at radius 3 is 2.40 bits per heavy atom. The molecule has 3 N–H and O–H groups in total. The zero-order chi connectivity index (χ0) is 28.6. The number of ether oxygens (including phenoxy) is 2. The van der Waals surface area contributed by atoms with Gasteiger partial charge in [0.2, 0.25) is 11.8 Å². The Balaban J connectivity index is 1.72. The predicted molar refractivity (Wildman–Crippen MR) is 158 cm³/mol. The van der Waals surface area contributed by atoms with Crippen LogP contribution >= 0.6 is 22.6 Å². The molecule has 10 heteroatoms. The number of methoxy groups -OCH3 is 1. The third-order valence-electron chi connectivity index (χ3n) is 8.39. The molecule has 3 atom stereocenters. The molecule has 0 spiro atoms. The molecule has 0 saturated heterocycles. The number of nitrogens with one attached hydrogen (secondary N) is 1. The quantitative estimate of drug-likeness (QED) is 0.197. The van der Waals surface area contributed by atoms with Gasteiger partial charge in [-0.25, -0.2) is 0 Å². The second-order valence-corrected chi connectivity index (χ2v) is 12.2. The molecule has 0 radical (unpaired) electrons. The number of hydrogen-bond acceptors (Lipinski definition) is 7. The Labute approximate surface area is 249 Å². The molecule has 2 amide bonds. The summed E-state index contributed by atoms with van der Waals surface area (Å²) in [5.74, 6) is 0.348. The van der Waals surface area contributed by atoms with Gasteiger partial charge in [-0.1, -0.05) is 38.5 Å². The number of carbonyl (C=O) groups is 3. The zero-order valence-corrected chi connectivity index (χ0v) is 25.3. The van der Waals surface area contributed by atoms with Crippen LogP contribution in [0.25, 0.3) is 0 Å². The molecule has 9 nitrogen and oxygen atoms in total. The van der Waals surface area contributed by atoms with E-state index in [9.17, 15) is 24.6 Å². The van der Waals surface area contributed by atoms with E-state index in [4.69, 9.17) is 9.47 Å². The van der Waals surface area contributed by atoms with Gasteiger partial charge in [-0.15, -0.1) is 0 Å². The molecular formula is C30H41IN2O7. The van der Waals surface area contributed by atoms with E-state index in [1.165, 1.54) is 7.11 Å². The van der Waals surface area contributed by atoms with Crippen LogP contribution in [0.4, 0.5) is 0 Å². The average molecular weight is 669 g/mol. The van der Waals surface area contributed by atoms with Gasteiger partial charge in [0, 0.05) is 36.1 Å². The molecule has 3 aliphatic carbocycles. The van der Waals surface area contributed by atoms with Crippen LogP contribution < -0.4 is 14.8 Å². The number of aliphatic hydroxyl groups excluding tert-OH is 2. The number of carbonyl (C=O) groups excluding carboxylic acids is 3. The van der Waals surface area contributed by atoms with E-state index in [2.05, 4.69) is 27.9 Å². The van der Waals surface area contributed by atoms with Gasteiger partial charge in [-0.2, -0.15) is 0 Å². The number of rotatable bonds is 10. The van der Waals surface area contributed by atoms with Gasteiger partial charge in [0.15, 0.2) is 11.5 Å². The largest absolute Gasteiger partial charge is 0.493 e. The fourth-order valence-corrected chi connectivity index (χ4v) is 7.09. The van der Waals surface area contributed by atoms with Gasteiger partial charge in [0.1, 0.15) is 18.5 Å². The Morgan fingerprint density at radius 2 is 1.77 bits per heavy atom. The van der Waals surface area contributed by atoms with Crippen molar-refractivity contribution in [2.75, 3.05) is 20.3 Å². The molecule has 40 heavy (non-hydrogen) atoms. The van der Waals surface area contributed by atoms with E-state index in [1.807, 2.05) is 4.90 Å². The molecule has 0 heterocycles. The molecular weight excluding hydrogens is 627 g/mol. The fraction of sp³-hybridized carbons (Fsp3) is 0.633. The van der Waals surface area contributed by atoms with Crippen molar-refractivity contribution >= 4 is 40.7 Å². The molecule has 1 aromatic rings. The van der Waals surface area contributed by atoms with Gasteiger partial charge >= 0.3 is 0 Å². The number of benzene rings is 1. The smallest absolute Gasteiger partial charge is 0.247 e. The van der Waals surface area contributed by atoms with E-state index < -0.39 is 18.2 Å². The van der Waals surface area contributed by atoms with Gasteiger partial charge in [-0.3, -0.25) is 14.4 Å². The highest BCUT2D eigenvalue weighted by atomic mass is 127. The van der Waals surface area contributed by atoms with E-state index in [0.29, 0.717) is 26.2 Å². The minimum absolute atomic E-state index is 0.00250. The van der Waals surface area contributed by atoms with Gasteiger partial charge in [0.25, 0.3) is 0 Å². The van der Waals surface area contributed by atoms with E-state index in [0.717, 1.165) is 70.5 Å². The van der Waals surface area contributed by atoms with Crippen molar-refractivity contribution in [1.29, 1.82) is 0 Å². The van der Waals surface area contributed by atoms with Crippen molar-refractivity contribution in [1.82, 2.24) is 10.2 Å². The highest BCUT2D eigenvalue weighted by Crippen LogP contribution is 2.39. The Bertz CT molecular complexity index is 1080. The lowest BCUT2D eigenvalue weighted by Crippen LogP contribution is -2.59. The Morgan fingerprint density at radius 1 is 1.10 bits per heavy atom. The SMILES string of the molecule is COc1cc(C=O)cc(I)c1O[C@H]1C=C(C(=O)NCCO)C[C@@H](N(C(=O)C2CCCC2)C2CCCCCC2)[C@@H]1O. The van der Waals surface area contributed by atoms with Crippen molar-refractivity contribution < 1.29 is 34.1 Å². The first-order valence-electron chi connectivity index (χ1n) is 14.5. The first-order valence-corrected chi connectivity index (χ1v) is 15.5. The van der Waals surface area contributed by atoms with Crippen LogP contribution in [0.2, 0.25) is 0 Å². The fourth-order valence-electron chi connectivity index (χ4n) is 6.34. The van der Waals surface area contributed by atoms with E-state index >= 15 is 0 Å². The maximum atomic E-state index is 14.1. The van der Waals surface area contributed by atoms with Gasteiger partial charge in [0.05, 0.1) is 23.3 Å². The number of hydrogen-bond donors (Lipinski definition) is 3. The summed E-state index contributed by atoms with van der Waals surface area (Å²) in [5.41, 5.74) is 0.835. The first kappa shape index (κ1) is 30.8. The number of halogens is 1. The normalized spacial score (nSPS) is 24.1. The summed E-state index contributed by atoms with van der Waals surface area (Å²) in [5, 5.41) is 23.8. The summed E-state index contributed by atoms with van der Waals surface area (Å²) in [7, 11) is 1.48. The lowest BCUT2D eigenvalue weighted by molar-refractivity contribution is -0.146. The maximum Gasteiger partial charge on any atom is 0.247 e. The molecule has 2 fully saturated rings. The average Bonchev–Trinajstić information content (AvgIpc) is 3.38.